The lowest BCUT2D eigenvalue weighted by Crippen LogP contribution is -2.19. The monoisotopic (exact) mass is 267 g/mol. The third-order valence-corrected chi connectivity index (χ3v) is 2.87. The molecule has 3 rings (SSSR count). The third-order valence-electron chi connectivity index (χ3n) is 2.87. The van der Waals surface area contributed by atoms with Gasteiger partial charge in [-0.3, -0.25) is 14.5 Å². The van der Waals surface area contributed by atoms with Crippen LogP contribution in [0.5, 0.6) is 0 Å². The summed E-state index contributed by atoms with van der Waals surface area (Å²) in [6.45, 7) is 0.112. The predicted molar refractivity (Wildman–Crippen MR) is 77.0 cm³/mol. The molecule has 3 N–H and O–H groups in total. The summed E-state index contributed by atoms with van der Waals surface area (Å²) in [5.41, 5.74) is 7.54. The highest BCUT2D eigenvalue weighted by molar-refractivity contribution is 6.00. The lowest BCUT2D eigenvalue weighted by Gasteiger charge is -2.07. The Balaban J connectivity index is 1.81. The van der Waals surface area contributed by atoms with Crippen LogP contribution < -0.4 is 11.1 Å². The molecule has 0 fully saturated rings. The molecule has 0 bridgehead atoms. The number of nitrogen functional groups attached to an aromatic ring is 1. The van der Waals surface area contributed by atoms with Crippen LogP contribution in [0.4, 0.5) is 11.4 Å². The maximum Gasteiger partial charge on any atom is 0.246 e. The molecule has 0 spiro atoms. The quantitative estimate of drug-likeness (QED) is 0.755. The van der Waals surface area contributed by atoms with Crippen LogP contribution in [0.15, 0.2) is 48.9 Å². The van der Waals surface area contributed by atoms with Crippen LogP contribution in [0.25, 0.3) is 10.9 Å². The van der Waals surface area contributed by atoms with Gasteiger partial charge in [0.15, 0.2) is 0 Å². The van der Waals surface area contributed by atoms with Gasteiger partial charge in [0.1, 0.15) is 6.54 Å². The van der Waals surface area contributed by atoms with E-state index in [0.29, 0.717) is 11.4 Å². The first kappa shape index (κ1) is 12.2. The number of benzene rings is 1. The van der Waals surface area contributed by atoms with E-state index in [4.69, 9.17) is 5.73 Å². The lowest BCUT2D eigenvalue weighted by atomic mass is 10.2. The molecule has 2 heterocycles. The number of hydrogen-bond donors (Lipinski definition) is 2. The maximum absolute atomic E-state index is 12.0. The number of nitrogens with zero attached hydrogens (tertiary/aromatic N) is 3. The number of para-hydroxylation sites is 1. The van der Waals surface area contributed by atoms with Crippen LogP contribution in [-0.2, 0) is 11.3 Å². The second kappa shape index (κ2) is 5.00. The molecular weight excluding hydrogens is 254 g/mol. The Bertz CT molecular complexity index is 760. The van der Waals surface area contributed by atoms with Crippen molar-refractivity contribution in [3.63, 3.8) is 0 Å². The van der Waals surface area contributed by atoms with Crippen molar-refractivity contribution in [1.29, 1.82) is 0 Å². The van der Waals surface area contributed by atoms with Gasteiger partial charge in [-0.1, -0.05) is 18.2 Å². The Morgan fingerprint density at radius 2 is 2.15 bits per heavy atom. The first-order valence-corrected chi connectivity index (χ1v) is 6.14. The summed E-state index contributed by atoms with van der Waals surface area (Å²) >= 11 is 0. The molecule has 2 aromatic heterocycles. The molecule has 100 valence electrons. The van der Waals surface area contributed by atoms with Crippen LogP contribution in [0, 0.1) is 0 Å². The number of anilines is 2. The molecule has 6 nitrogen and oxygen atoms in total. The number of nitrogens with one attached hydrogen (secondary N) is 1. The highest BCUT2D eigenvalue weighted by Crippen LogP contribution is 2.20. The fraction of sp³-hybridized carbons (Fsp3) is 0.0714. The summed E-state index contributed by atoms with van der Waals surface area (Å²) in [5, 5.41) is 7.79. The zero-order chi connectivity index (χ0) is 13.9. The number of rotatable bonds is 3. The Morgan fingerprint density at radius 1 is 1.30 bits per heavy atom. The van der Waals surface area contributed by atoms with E-state index in [1.807, 2.05) is 30.3 Å². The molecule has 0 saturated heterocycles. The molecule has 0 atom stereocenters. The molecule has 0 aliphatic carbocycles. The lowest BCUT2D eigenvalue weighted by molar-refractivity contribution is -0.116. The molecule has 0 saturated carbocycles. The van der Waals surface area contributed by atoms with E-state index >= 15 is 0 Å². The second-order valence-corrected chi connectivity index (χ2v) is 4.40. The van der Waals surface area contributed by atoms with Crippen LogP contribution in [0.1, 0.15) is 0 Å². The molecule has 0 radical (unpaired) electrons. The van der Waals surface area contributed by atoms with Gasteiger partial charge in [-0.05, 0) is 12.1 Å². The Labute approximate surface area is 115 Å². The Kier molecular flexibility index (Phi) is 3.04. The summed E-state index contributed by atoms with van der Waals surface area (Å²) in [6.07, 6.45) is 4.82. The number of amides is 1. The summed E-state index contributed by atoms with van der Waals surface area (Å²) in [7, 11) is 0. The van der Waals surface area contributed by atoms with Crippen LogP contribution >= 0.6 is 0 Å². The molecule has 1 aromatic carbocycles. The zero-order valence-electron chi connectivity index (χ0n) is 10.7. The average molecular weight is 267 g/mol. The Morgan fingerprint density at radius 3 is 2.95 bits per heavy atom. The number of carbonyl (C=O) groups excluding carboxylic acids is 1. The SMILES string of the molecule is Nc1cnn(CC(=O)Nc2cccc3cccnc23)c1. The Hall–Kier alpha value is -2.89. The van der Waals surface area contributed by atoms with E-state index < -0.39 is 0 Å². The molecule has 1 amide bonds. The van der Waals surface area contributed by atoms with Gasteiger partial charge in [0.2, 0.25) is 5.91 Å². The summed E-state index contributed by atoms with van der Waals surface area (Å²) < 4.78 is 1.49. The van der Waals surface area contributed by atoms with Gasteiger partial charge in [-0.25, -0.2) is 0 Å². The van der Waals surface area contributed by atoms with Crippen molar-refractivity contribution in [1.82, 2.24) is 14.8 Å². The number of aromatic nitrogens is 3. The van der Waals surface area contributed by atoms with Crippen molar-refractivity contribution >= 4 is 28.2 Å². The highest BCUT2D eigenvalue weighted by atomic mass is 16.2. The smallest absolute Gasteiger partial charge is 0.246 e. The summed E-state index contributed by atoms with van der Waals surface area (Å²) in [4.78, 5) is 16.3. The van der Waals surface area contributed by atoms with Gasteiger partial charge in [0, 0.05) is 17.8 Å². The van der Waals surface area contributed by atoms with Gasteiger partial charge in [-0.15, -0.1) is 0 Å². The summed E-state index contributed by atoms with van der Waals surface area (Å²) in [5.74, 6) is -0.175. The number of fused-ring (bicyclic) bond motifs is 1. The van der Waals surface area contributed by atoms with E-state index in [9.17, 15) is 4.79 Å². The van der Waals surface area contributed by atoms with Crippen LogP contribution in [0.3, 0.4) is 0 Å². The van der Waals surface area contributed by atoms with Crippen molar-refractivity contribution < 1.29 is 4.79 Å². The van der Waals surface area contributed by atoms with E-state index in [1.165, 1.54) is 10.9 Å². The largest absolute Gasteiger partial charge is 0.396 e. The number of pyridine rings is 1. The maximum atomic E-state index is 12.0. The molecular formula is C14H13N5O. The van der Waals surface area contributed by atoms with E-state index in [0.717, 1.165) is 10.9 Å². The van der Waals surface area contributed by atoms with Crippen molar-refractivity contribution in [2.75, 3.05) is 11.1 Å². The van der Waals surface area contributed by atoms with Gasteiger partial charge in [0.05, 0.1) is 23.1 Å². The summed E-state index contributed by atoms with van der Waals surface area (Å²) in [6, 6.07) is 9.47. The standard InChI is InChI=1S/C14H13N5O/c15-11-7-17-19(8-11)9-13(20)18-12-5-1-3-10-4-2-6-16-14(10)12/h1-8H,9,15H2,(H,18,20). The van der Waals surface area contributed by atoms with Crippen molar-refractivity contribution in [3.05, 3.63) is 48.9 Å². The fourth-order valence-electron chi connectivity index (χ4n) is 2.01. The van der Waals surface area contributed by atoms with E-state index in [-0.39, 0.29) is 12.5 Å². The first-order valence-electron chi connectivity index (χ1n) is 6.14. The highest BCUT2D eigenvalue weighted by Gasteiger charge is 2.07. The molecule has 0 aliphatic rings. The zero-order valence-corrected chi connectivity index (χ0v) is 10.7. The number of nitrogens with two attached hydrogens (primary N) is 1. The minimum absolute atomic E-state index is 0.112. The van der Waals surface area contributed by atoms with E-state index in [1.54, 1.807) is 12.4 Å². The van der Waals surface area contributed by atoms with Crippen LogP contribution in [-0.4, -0.2) is 20.7 Å². The predicted octanol–water partition coefficient (Wildman–Crippen LogP) is 1.65. The molecule has 0 aliphatic heterocycles. The molecule has 3 aromatic rings. The minimum Gasteiger partial charge on any atom is -0.396 e. The van der Waals surface area contributed by atoms with Gasteiger partial charge < -0.3 is 11.1 Å². The van der Waals surface area contributed by atoms with Crippen molar-refractivity contribution in [3.8, 4) is 0 Å². The minimum atomic E-state index is -0.175. The molecule has 20 heavy (non-hydrogen) atoms. The normalized spacial score (nSPS) is 10.6. The van der Waals surface area contributed by atoms with Crippen molar-refractivity contribution in [2.24, 2.45) is 0 Å². The van der Waals surface area contributed by atoms with E-state index in [2.05, 4.69) is 15.4 Å². The topological polar surface area (TPSA) is 85.8 Å². The second-order valence-electron chi connectivity index (χ2n) is 4.40. The number of carbonyl (C=O) groups is 1. The van der Waals surface area contributed by atoms with Crippen molar-refractivity contribution in [2.45, 2.75) is 6.54 Å². The third kappa shape index (κ3) is 2.44. The average Bonchev–Trinajstić information content (AvgIpc) is 2.84. The van der Waals surface area contributed by atoms with Gasteiger partial charge in [0.25, 0.3) is 0 Å². The van der Waals surface area contributed by atoms with Crippen LogP contribution in [0.2, 0.25) is 0 Å². The van der Waals surface area contributed by atoms with Gasteiger partial charge in [-0.2, -0.15) is 5.10 Å². The first-order chi connectivity index (χ1) is 9.72. The van der Waals surface area contributed by atoms with Gasteiger partial charge >= 0.3 is 0 Å². The molecule has 0 unspecified atom stereocenters. The molecule has 6 heteroatoms. The fourth-order valence-corrected chi connectivity index (χ4v) is 2.01. The number of hydrogen-bond acceptors (Lipinski definition) is 4.